The second kappa shape index (κ2) is 6.01. The SMILES string of the molecule is CCc1cccc(Nc2cc([N+](=O)[O-])cc(NC)n2)c1. The van der Waals surface area contributed by atoms with Gasteiger partial charge in [0.25, 0.3) is 5.69 Å². The molecule has 104 valence electrons. The molecular weight excluding hydrogens is 256 g/mol. The zero-order chi connectivity index (χ0) is 14.5. The third-order valence-electron chi connectivity index (χ3n) is 2.88. The Morgan fingerprint density at radius 3 is 2.65 bits per heavy atom. The highest BCUT2D eigenvalue weighted by molar-refractivity contribution is 5.62. The quantitative estimate of drug-likeness (QED) is 0.644. The molecule has 1 heterocycles. The number of nitro groups is 1. The molecule has 6 heteroatoms. The molecular formula is C14H16N4O2. The van der Waals surface area contributed by atoms with Crippen LogP contribution in [0.4, 0.5) is 23.0 Å². The molecule has 0 atom stereocenters. The number of nitrogens with zero attached hydrogens (tertiary/aromatic N) is 2. The van der Waals surface area contributed by atoms with E-state index < -0.39 is 4.92 Å². The number of hydrogen-bond donors (Lipinski definition) is 2. The Morgan fingerprint density at radius 2 is 2.00 bits per heavy atom. The lowest BCUT2D eigenvalue weighted by molar-refractivity contribution is -0.384. The average Bonchev–Trinajstić information content (AvgIpc) is 2.47. The van der Waals surface area contributed by atoms with Gasteiger partial charge in [0.05, 0.1) is 17.1 Å². The molecule has 0 fully saturated rings. The number of pyridine rings is 1. The van der Waals surface area contributed by atoms with Crippen LogP contribution in [0.25, 0.3) is 0 Å². The number of anilines is 3. The van der Waals surface area contributed by atoms with Crippen molar-refractivity contribution in [3.05, 3.63) is 52.1 Å². The highest BCUT2D eigenvalue weighted by atomic mass is 16.6. The van der Waals surface area contributed by atoms with E-state index >= 15 is 0 Å². The van der Waals surface area contributed by atoms with Crippen molar-refractivity contribution in [2.24, 2.45) is 0 Å². The van der Waals surface area contributed by atoms with Crippen LogP contribution >= 0.6 is 0 Å². The van der Waals surface area contributed by atoms with Gasteiger partial charge in [-0.1, -0.05) is 19.1 Å². The van der Waals surface area contributed by atoms with Crippen LogP contribution in [0.2, 0.25) is 0 Å². The first-order valence-corrected chi connectivity index (χ1v) is 6.32. The molecule has 1 aromatic carbocycles. The van der Waals surface area contributed by atoms with E-state index in [1.807, 2.05) is 24.3 Å². The molecule has 20 heavy (non-hydrogen) atoms. The van der Waals surface area contributed by atoms with Gasteiger partial charge in [0, 0.05) is 12.7 Å². The van der Waals surface area contributed by atoms with E-state index in [0.29, 0.717) is 11.6 Å². The van der Waals surface area contributed by atoms with Gasteiger partial charge in [-0.15, -0.1) is 0 Å². The number of hydrogen-bond acceptors (Lipinski definition) is 5. The maximum Gasteiger partial charge on any atom is 0.276 e. The van der Waals surface area contributed by atoms with Gasteiger partial charge in [-0.05, 0) is 24.1 Å². The maximum absolute atomic E-state index is 10.9. The van der Waals surface area contributed by atoms with E-state index in [1.165, 1.54) is 17.7 Å². The largest absolute Gasteiger partial charge is 0.373 e. The van der Waals surface area contributed by atoms with E-state index in [2.05, 4.69) is 22.5 Å². The third-order valence-corrected chi connectivity index (χ3v) is 2.88. The maximum atomic E-state index is 10.9. The Hall–Kier alpha value is -2.63. The Balaban J connectivity index is 2.32. The minimum absolute atomic E-state index is 0.00139. The van der Waals surface area contributed by atoms with Gasteiger partial charge in [0.1, 0.15) is 11.6 Å². The van der Waals surface area contributed by atoms with Crippen LogP contribution < -0.4 is 10.6 Å². The van der Waals surface area contributed by atoms with Gasteiger partial charge in [-0.2, -0.15) is 0 Å². The van der Waals surface area contributed by atoms with Crippen molar-refractivity contribution in [1.82, 2.24) is 4.98 Å². The van der Waals surface area contributed by atoms with Crippen molar-refractivity contribution in [3.8, 4) is 0 Å². The minimum atomic E-state index is -0.434. The van der Waals surface area contributed by atoms with Crippen molar-refractivity contribution in [1.29, 1.82) is 0 Å². The van der Waals surface area contributed by atoms with E-state index in [0.717, 1.165) is 12.1 Å². The van der Waals surface area contributed by atoms with Crippen molar-refractivity contribution < 1.29 is 4.92 Å². The summed E-state index contributed by atoms with van der Waals surface area (Å²) in [6.45, 7) is 2.07. The van der Waals surface area contributed by atoms with Gasteiger partial charge in [-0.3, -0.25) is 10.1 Å². The molecule has 0 amide bonds. The Labute approximate surface area is 117 Å². The molecule has 0 aliphatic heterocycles. The van der Waals surface area contributed by atoms with Crippen LogP contribution in [-0.2, 0) is 6.42 Å². The summed E-state index contributed by atoms with van der Waals surface area (Å²) in [4.78, 5) is 14.7. The first-order valence-electron chi connectivity index (χ1n) is 6.32. The van der Waals surface area contributed by atoms with E-state index in [4.69, 9.17) is 0 Å². The lowest BCUT2D eigenvalue weighted by Gasteiger charge is -2.08. The van der Waals surface area contributed by atoms with Crippen molar-refractivity contribution >= 4 is 23.0 Å². The molecule has 2 rings (SSSR count). The number of aryl methyl sites for hydroxylation is 1. The van der Waals surface area contributed by atoms with Gasteiger partial charge in [0.2, 0.25) is 0 Å². The predicted octanol–water partition coefficient (Wildman–Crippen LogP) is 3.34. The molecule has 0 unspecified atom stereocenters. The second-order valence-electron chi connectivity index (χ2n) is 4.28. The fraction of sp³-hybridized carbons (Fsp3) is 0.214. The zero-order valence-electron chi connectivity index (χ0n) is 11.4. The molecule has 0 radical (unpaired) electrons. The third kappa shape index (κ3) is 3.23. The highest BCUT2D eigenvalue weighted by Crippen LogP contribution is 2.23. The summed E-state index contributed by atoms with van der Waals surface area (Å²) in [5.74, 6) is 0.894. The van der Waals surface area contributed by atoms with Gasteiger partial charge in [0.15, 0.2) is 0 Å². The normalized spacial score (nSPS) is 10.1. The van der Waals surface area contributed by atoms with Crippen LogP contribution in [-0.4, -0.2) is 17.0 Å². The molecule has 0 saturated heterocycles. The summed E-state index contributed by atoms with van der Waals surface area (Å²) in [7, 11) is 1.67. The summed E-state index contributed by atoms with van der Waals surface area (Å²) in [6, 6.07) is 10.7. The smallest absolute Gasteiger partial charge is 0.276 e. The van der Waals surface area contributed by atoms with Gasteiger partial charge < -0.3 is 10.6 Å². The summed E-state index contributed by atoms with van der Waals surface area (Å²) >= 11 is 0. The molecule has 0 aliphatic rings. The number of aromatic nitrogens is 1. The number of nitrogens with one attached hydrogen (secondary N) is 2. The van der Waals surface area contributed by atoms with Gasteiger partial charge in [-0.25, -0.2) is 4.98 Å². The Bertz CT molecular complexity index is 628. The summed E-state index contributed by atoms with van der Waals surface area (Å²) in [5, 5.41) is 16.8. The molecule has 2 N–H and O–H groups in total. The summed E-state index contributed by atoms with van der Waals surface area (Å²) in [5.41, 5.74) is 2.05. The van der Waals surface area contributed by atoms with Crippen LogP contribution in [0, 0.1) is 10.1 Å². The fourth-order valence-electron chi connectivity index (χ4n) is 1.83. The molecule has 6 nitrogen and oxygen atoms in total. The monoisotopic (exact) mass is 272 g/mol. The first-order chi connectivity index (χ1) is 9.62. The lowest BCUT2D eigenvalue weighted by Crippen LogP contribution is -2.00. The van der Waals surface area contributed by atoms with Crippen LogP contribution in [0.3, 0.4) is 0 Å². The second-order valence-corrected chi connectivity index (χ2v) is 4.28. The molecule has 1 aromatic heterocycles. The van der Waals surface area contributed by atoms with E-state index in [9.17, 15) is 10.1 Å². The average molecular weight is 272 g/mol. The Morgan fingerprint density at radius 1 is 1.25 bits per heavy atom. The van der Waals surface area contributed by atoms with Crippen molar-refractivity contribution in [2.45, 2.75) is 13.3 Å². The number of rotatable bonds is 5. The van der Waals surface area contributed by atoms with Crippen LogP contribution in [0.1, 0.15) is 12.5 Å². The van der Waals surface area contributed by atoms with Crippen molar-refractivity contribution in [2.75, 3.05) is 17.7 Å². The first kappa shape index (κ1) is 13.8. The topological polar surface area (TPSA) is 80.1 Å². The van der Waals surface area contributed by atoms with Crippen LogP contribution in [0.15, 0.2) is 36.4 Å². The van der Waals surface area contributed by atoms with E-state index in [-0.39, 0.29) is 5.69 Å². The molecule has 0 saturated carbocycles. The molecule has 2 aromatic rings. The summed E-state index contributed by atoms with van der Waals surface area (Å²) in [6.07, 6.45) is 0.930. The molecule has 0 spiro atoms. The van der Waals surface area contributed by atoms with Crippen LogP contribution in [0.5, 0.6) is 0 Å². The zero-order valence-corrected chi connectivity index (χ0v) is 11.4. The molecule has 0 aliphatic carbocycles. The summed E-state index contributed by atoms with van der Waals surface area (Å²) < 4.78 is 0. The van der Waals surface area contributed by atoms with E-state index in [1.54, 1.807) is 7.05 Å². The Kier molecular flexibility index (Phi) is 4.14. The standard InChI is InChI=1S/C14H16N4O2/c1-3-10-5-4-6-11(7-10)16-14-9-12(18(19)20)8-13(15-2)17-14/h4-9H,3H2,1-2H3,(H2,15,16,17). The highest BCUT2D eigenvalue weighted by Gasteiger charge is 2.10. The van der Waals surface area contributed by atoms with Crippen molar-refractivity contribution in [3.63, 3.8) is 0 Å². The fourth-order valence-corrected chi connectivity index (χ4v) is 1.83. The minimum Gasteiger partial charge on any atom is -0.373 e. The lowest BCUT2D eigenvalue weighted by atomic mass is 10.1. The number of benzene rings is 1. The predicted molar refractivity (Wildman–Crippen MR) is 79.5 cm³/mol. The molecule has 0 bridgehead atoms. The van der Waals surface area contributed by atoms with Gasteiger partial charge >= 0.3 is 0 Å².